The fraction of sp³-hybridized carbons (Fsp3) is 0.318. The van der Waals surface area contributed by atoms with Crippen LogP contribution in [0.4, 0.5) is 0 Å². The van der Waals surface area contributed by atoms with Crippen molar-refractivity contribution in [1.82, 2.24) is 4.90 Å². The van der Waals surface area contributed by atoms with E-state index >= 15 is 0 Å². The highest BCUT2D eigenvalue weighted by molar-refractivity contribution is 5.85. The molecule has 4 rings (SSSR count). The quantitative estimate of drug-likeness (QED) is 0.843. The molecule has 6 heteroatoms. The predicted molar refractivity (Wildman–Crippen MR) is 110 cm³/mol. The zero-order valence-corrected chi connectivity index (χ0v) is 16.6. The van der Waals surface area contributed by atoms with E-state index in [0.29, 0.717) is 13.1 Å². The summed E-state index contributed by atoms with van der Waals surface area (Å²) in [5.41, 5.74) is 2.98. The average molecular weight is 402 g/mol. The lowest BCUT2D eigenvalue weighted by molar-refractivity contribution is -0.139. The van der Waals surface area contributed by atoms with E-state index in [4.69, 9.17) is 14.6 Å². The van der Waals surface area contributed by atoms with E-state index in [9.17, 15) is 4.79 Å². The van der Waals surface area contributed by atoms with Crippen molar-refractivity contribution in [1.29, 1.82) is 0 Å². The van der Waals surface area contributed by atoms with Crippen LogP contribution in [0.15, 0.2) is 54.6 Å². The first kappa shape index (κ1) is 20.2. The van der Waals surface area contributed by atoms with Crippen molar-refractivity contribution in [3.05, 3.63) is 65.7 Å². The highest BCUT2D eigenvalue weighted by atomic mass is 35.5. The lowest BCUT2D eigenvalue weighted by Crippen LogP contribution is -2.49. The topological polar surface area (TPSA) is 59.0 Å². The number of rotatable bonds is 4. The minimum atomic E-state index is -0.782. The van der Waals surface area contributed by atoms with Crippen LogP contribution in [-0.2, 0) is 4.79 Å². The fourth-order valence-corrected chi connectivity index (χ4v) is 3.90. The van der Waals surface area contributed by atoms with Gasteiger partial charge >= 0.3 is 5.97 Å². The lowest BCUT2D eigenvalue weighted by atomic mass is 9.83. The average Bonchev–Trinajstić information content (AvgIpc) is 2.69. The van der Waals surface area contributed by atoms with Crippen LogP contribution in [0.1, 0.15) is 24.0 Å². The van der Waals surface area contributed by atoms with Gasteiger partial charge in [-0.25, -0.2) is 0 Å². The van der Waals surface area contributed by atoms with E-state index in [-0.39, 0.29) is 19.0 Å². The monoisotopic (exact) mass is 401 g/mol. The van der Waals surface area contributed by atoms with Crippen LogP contribution in [0.3, 0.4) is 0 Å². The summed E-state index contributed by atoms with van der Waals surface area (Å²) in [6.07, 6.45) is 3.78. The number of fused-ring (bicyclic) bond motifs is 1. The van der Waals surface area contributed by atoms with Crippen molar-refractivity contribution in [2.75, 3.05) is 26.7 Å². The van der Waals surface area contributed by atoms with Crippen LogP contribution < -0.4 is 9.47 Å². The Balaban J connectivity index is 0.00000225. The molecule has 2 aromatic rings. The predicted octanol–water partition coefficient (Wildman–Crippen LogP) is 3.86. The molecule has 0 amide bonds. The van der Waals surface area contributed by atoms with Crippen molar-refractivity contribution in [3.63, 3.8) is 0 Å². The second-order valence-corrected chi connectivity index (χ2v) is 7.12. The second-order valence-electron chi connectivity index (χ2n) is 7.12. The van der Waals surface area contributed by atoms with E-state index in [1.54, 1.807) is 7.11 Å². The Morgan fingerprint density at radius 1 is 1.14 bits per heavy atom. The molecular weight excluding hydrogens is 378 g/mol. The van der Waals surface area contributed by atoms with Crippen LogP contribution in [0.5, 0.6) is 11.5 Å². The zero-order chi connectivity index (χ0) is 18.9. The van der Waals surface area contributed by atoms with Gasteiger partial charge in [-0.2, -0.15) is 0 Å². The summed E-state index contributed by atoms with van der Waals surface area (Å²) in [5.74, 6) is 0.934. The molecule has 0 aromatic heterocycles. The Labute approximate surface area is 171 Å². The number of benzene rings is 2. The molecule has 1 fully saturated rings. The van der Waals surface area contributed by atoms with Crippen molar-refractivity contribution in [2.45, 2.75) is 18.4 Å². The third-order valence-corrected chi connectivity index (χ3v) is 5.36. The number of methoxy groups -OCH3 is 1. The van der Waals surface area contributed by atoms with E-state index in [0.717, 1.165) is 41.0 Å². The number of carboxylic acid groups (broad SMARTS) is 1. The Morgan fingerprint density at radius 2 is 1.82 bits per heavy atom. The van der Waals surface area contributed by atoms with E-state index in [1.807, 2.05) is 35.2 Å². The van der Waals surface area contributed by atoms with E-state index in [2.05, 4.69) is 24.3 Å². The number of hydrogen-bond donors (Lipinski definition) is 1. The van der Waals surface area contributed by atoms with Crippen molar-refractivity contribution in [2.24, 2.45) is 0 Å². The van der Waals surface area contributed by atoms with Crippen LogP contribution in [0.2, 0.25) is 0 Å². The number of para-hydroxylation sites is 1. The number of carbonyl (C=O) groups is 1. The number of piperidine rings is 1. The molecular formula is C22H24ClNO4. The summed E-state index contributed by atoms with van der Waals surface area (Å²) in [7, 11) is 1.66. The van der Waals surface area contributed by atoms with Crippen molar-refractivity contribution >= 4 is 23.9 Å². The van der Waals surface area contributed by atoms with Crippen molar-refractivity contribution < 1.29 is 19.4 Å². The first-order valence-electron chi connectivity index (χ1n) is 9.18. The molecule has 148 valence electrons. The standard InChI is InChI=1S/C22H23NO4.ClH/c1-26-17-8-6-16(7-9-17)19-14-22(27-20-5-3-2-4-18(19)20)10-12-23(13-11-22)15-21(24)25;/h2-9,14H,10-13,15H2,1H3,(H,24,25);1H. The number of aliphatic carboxylic acids is 1. The first-order valence-corrected chi connectivity index (χ1v) is 9.18. The molecule has 1 saturated heterocycles. The SMILES string of the molecule is COc1ccc(C2=CC3(CCN(CC(=O)O)CC3)Oc3ccccc32)cc1.Cl. The van der Waals surface area contributed by atoms with Gasteiger partial charge in [0.25, 0.3) is 0 Å². The van der Waals surface area contributed by atoms with Gasteiger partial charge < -0.3 is 14.6 Å². The van der Waals surface area contributed by atoms with Gasteiger partial charge in [-0.15, -0.1) is 12.4 Å². The van der Waals surface area contributed by atoms with Gasteiger partial charge in [-0.3, -0.25) is 9.69 Å². The molecule has 5 nitrogen and oxygen atoms in total. The van der Waals surface area contributed by atoms with Crippen molar-refractivity contribution in [3.8, 4) is 11.5 Å². The Morgan fingerprint density at radius 3 is 2.46 bits per heavy atom. The van der Waals surface area contributed by atoms with E-state index in [1.165, 1.54) is 0 Å². The molecule has 2 aromatic carbocycles. The number of ether oxygens (including phenoxy) is 2. The summed E-state index contributed by atoms with van der Waals surface area (Å²) in [5, 5.41) is 9.04. The maximum absolute atomic E-state index is 11.0. The fourth-order valence-electron chi connectivity index (χ4n) is 3.90. The molecule has 0 bridgehead atoms. The van der Waals surface area contributed by atoms with Crippen LogP contribution in [0, 0.1) is 0 Å². The van der Waals surface area contributed by atoms with E-state index < -0.39 is 11.6 Å². The van der Waals surface area contributed by atoms with Gasteiger partial charge in [0.1, 0.15) is 17.1 Å². The number of nitrogens with zero attached hydrogens (tertiary/aromatic N) is 1. The Kier molecular flexibility index (Phi) is 5.96. The Hall–Kier alpha value is -2.50. The molecule has 0 saturated carbocycles. The number of likely N-dealkylation sites (tertiary alicyclic amines) is 1. The third kappa shape index (κ3) is 4.01. The van der Waals surface area contributed by atoms with Gasteiger partial charge in [0.05, 0.1) is 13.7 Å². The summed E-state index contributed by atoms with van der Waals surface area (Å²) >= 11 is 0. The molecule has 1 N–H and O–H groups in total. The molecule has 2 heterocycles. The molecule has 0 atom stereocenters. The van der Waals surface area contributed by atoms with Gasteiger partial charge in [0, 0.05) is 31.5 Å². The highest BCUT2D eigenvalue weighted by Crippen LogP contribution is 2.43. The maximum atomic E-state index is 11.0. The summed E-state index contributed by atoms with van der Waals surface area (Å²) in [6.45, 7) is 1.50. The molecule has 2 aliphatic heterocycles. The van der Waals surface area contributed by atoms with Crippen LogP contribution in [-0.4, -0.2) is 48.3 Å². The molecule has 0 unspecified atom stereocenters. The Bertz CT molecular complexity index is 870. The molecule has 28 heavy (non-hydrogen) atoms. The number of carboxylic acids is 1. The van der Waals surface area contributed by atoms with Crippen LogP contribution in [0.25, 0.3) is 5.57 Å². The largest absolute Gasteiger partial charge is 0.497 e. The minimum Gasteiger partial charge on any atom is -0.497 e. The van der Waals surface area contributed by atoms with Gasteiger partial charge in [0.2, 0.25) is 0 Å². The second kappa shape index (κ2) is 8.25. The number of halogens is 1. The lowest BCUT2D eigenvalue weighted by Gasteiger charge is -2.42. The first-order chi connectivity index (χ1) is 13.1. The zero-order valence-electron chi connectivity index (χ0n) is 15.8. The molecule has 1 spiro atoms. The maximum Gasteiger partial charge on any atom is 0.317 e. The molecule has 0 radical (unpaired) electrons. The van der Waals surface area contributed by atoms with Crippen LogP contribution >= 0.6 is 12.4 Å². The van der Waals surface area contributed by atoms with Gasteiger partial charge in [-0.05, 0) is 35.4 Å². The third-order valence-electron chi connectivity index (χ3n) is 5.36. The summed E-state index contributed by atoms with van der Waals surface area (Å²) in [6, 6.07) is 16.2. The van der Waals surface area contributed by atoms with Gasteiger partial charge in [-0.1, -0.05) is 30.3 Å². The number of hydrogen-bond acceptors (Lipinski definition) is 4. The molecule has 2 aliphatic rings. The highest BCUT2D eigenvalue weighted by Gasteiger charge is 2.39. The summed E-state index contributed by atoms with van der Waals surface area (Å²) in [4.78, 5) is 13.0. The van der Waals surface area contributed by atoms with Gasteiger partial charge in [0.15, 0.2) is 0 Å². The smallest absolute Gasteiger partial charge is 0.317 e. The molecule has 0 aliphatic carbocycles. The normalized spacial score (nSPS) is 17.7. The minimum absolute atomic E-state index is 0. The summed E-state index contributed by atoms with van der Waals surface area (Å²) < 4.78 is 11.7.